The van der Waals surface area contributed by atoms with Crippen molar-refractivity contribution in [3.8, 4) is 0 Å². The maximum Gasteiger partial charge on any atom is 0.335 e. The van der Waals surface area contributed by atoms with Crippen LogP contribution in [0, 0.1) is 5.92 Å². The molecule has 2 rings (SSSR count). The summed E-state index contributed by atoms with van der Waals surface area (Å²) in [6, 6.07) is 7.22. The molecule has 0 aliphatic carbocycles. The van der Waals surface area contributed by atoms with Crippen LogP contribution in [-0.4, -0.2) is 54.1 Å². The van der Waals surface area contributed by atoms with Crippen molar-refractivity contribution in [1.82, 2.24) is 9.80 Å². The lowest BCUT2D eigenvalue weighted by Gasteiger charge is -2.25. The molecule has 1 heterocycles. The summed E-state index contributed by atoms with van der Waals surface area (Å²) < 4.78 is 0. The smallest absolute Gasteiger partial charge is 0.335 e. The van der Waals surface area contributed by atoms with E-state index in [0.29, 0.717) is 11.5 Å². The summed E-state index contributed by atoms with van der Waals surface area (Å²) in [6.45, 7) is 7.78. The number of hydrogen-bond donors (Lipinski definition) is 1. The molecule has 1 aromatic carbocycles. The van der Waals surface area contributed by atoms with Gasteiger partial charge in [0.2, 0.25) is 0 Å². The minimum absolute atomic E-state index is 0.367. The van der Waals surface area contributed by atoms with Crippen LogP contribution in [0.5, 0.6) is 0 Å². The maximum atomic E-state index is 11.0. The Kier molecular flexibility index (Phi) is 5.76. The number of carboxylic acid groups (broad SMARTS) is 1. The zero-order valence-electron chi connectivity index (χ0n) is 13.1. The van der Waals surface area contributed by atoms with Gasteiger partial charge in [0, 0.05) is 19.6 Å². The fourth-order valence-corrected chi connectivity index (χ4v) is 3.17. The number of hydrogen-bond acceptors (Lipinski definition) is 3. The Hall–Kier alpha value is -1.39. The van der Waals surface area contributed by atoms with Crippen molar-refractivity contribution in [3.05, 3.63) is 35.4 Å². The first kappa shape index (κ1) is 16.0. The van der Waals surface area contributed by atoms with E-state index in [0.717, 1.165) is 18.7 Å². The minimum atomic E-state index is -0.859. The van der Waals surface area contributed by atoms with E-state index < -0.39 is 5.97 Å². The van der Waals surface area contributed by atoms with Gasteiger partial charge in [0.1, 0.15) is 0 Å². The predicted octanol–water partition coefficient (Wildman–Crippen LogP) is 2.55. The van der Waals surface area contributed by atoms with Gasteiger partial charge in [-0.1, -0.05) is 19.1 Å². The lowest BCUT2D eigenvalue weighted by atomic mass is 10.1. The first-order chi connectivity index (χ1) is 10.0. The van der Waals surface area contributed by atoms with E-state index in [1.165, 1.54) is 32.5 Å². The molecular formula is C17H26N2O2. The summed E-state index contributed by atoms with van der Waals surface area (Å²) in [5.41, 5.74) is 1.43. The van der Waals surface area contributed by atoms with Gasteiger partial charge in [0.25, 0.3) is 0 Å². The summed E-state index contributed by atoms with van der Waals surface area (Å²) in [7, 11) is 2.11. The molecule has 116 valence electrons. The normalized spacial score (nSPS) is 17.3. The van der Waals surface area contributed by atoms with Gasteiger partial charge in [0.05, 0.1) is 5.56 Å². The standard InChI is InChI=1S/C17H26N2O2/c1-14(12-19-8-3-4-9-19)11-18(2)13-15-6-5-7-16(10-15)17(20)21/h5-7,10,14H,3-4,8-9,11-13H2,1-2H3,(H,20,21)/t14-/m0/s1. The molecule has 0 aromatic heterocycles. The van der Waals surface area contributed by atoms with Crippen LogP contribution in [0.1, 0.15) is 35.7 Å². The van der Waals surface area contributed by atoms with E-state index in [1.54, 1.807) is 12.1 Å². The van der Waals surface area contributed by atoms with Crippen LogP contribution in [0.15, 0.2) is 24.3 Å². The molecule has 0 spiro atoms. The van der Waals surface area contributed by atoms with Crippen LogP contribution in [0.4, 0.5) is 0 Å². The first-order valence-electron chi connectivity index (χ1n) is 7.77. The van der Waals surface area contributed by atoms with Gasteiger partial charge in [0.15, 0.2) is 0 Å². The highest BCUT2D eigenvalue weighted by Gasteiger charge is 2.16. The lowest BCUT2D eigenvalue weighted by molar-refractivity contribution is 0.0696. The van der Waals surface area contributed by atoms with Crippen LogP contribution in [0.3, 0.4) is 0 Å². The Labute approximate surface area is 127 Å². The van der Waals surface area contributed by atoms with E-state index in [-0.39, 0.29) is 0 Å². The largest absolute Gasteiger partial charge is 0.478 e. The molecule has 21 heavy (non-hydrogen) atoms. The topological polar surface area (TPSA) is 43.8 Å². The van der Waals surface area contributed by atoms with E-state index in [1.807, 2.05) is 12.1 Å². The molecule has 1 N–H and O–H groups in total. The molecule has 1 aromatic rings. The lowest BCUT2D eigenvalue weighted by Crippen LogP contribution is -2.32. The highest BCUT2D eigenvalue weighted by molar-refractivity contribution is 5.87. The van der Waals surface area contributed by atoms with E-state index in [4.69, 9.17) is 5.11 Å². The summed E-state index contributed by atoms with van der Waals surface area (Å²) in [6.07, 6.45) is 2.68. The quantitative estimate of drug-likeness (QED) is 0.838. The van der Waals surface area contributed by atoms with Gasteiger partial charge in [-0.05, 0) is 56.6 Å². The molecule has 1 aliphatic rings. The number of carboxylic acids is 1. The molecular weight excluding hydrogens is 264 g/mol. The second-order valence-electron chi connectivity index (χ2n) is 6.32. The third kappa shape index (κ3) is 5.14. The van der Waals surface area contributed by atoms with Crippen LogP contribution in [0.2, 0.25) is 0 Å². The number of aromatic carboxylic acids is 1. The fourth-order valence-electron chi connectivity index (χ4n) is 3.17. The average molecular weight is 290 g/mol. The van der Waals surface area contributed by atoms with Gasteiger partial charge in [-0.25, -0.2) is 4.79 Å². The summed E-state index contributed by atoms with van der Waals surface area (Å²) in [5, 5.41) is 9.03. The van der Waals surface area contributed by atoms with Crippen LogP contribution >= 0.6 is 0 Å². The predicted molar refractivity (Wildman–Crippen MR) is 84.6 cm³/mol. The zero-order chi connectivity index (χ0) is 15.2. The third-order valence-electron chi connectivity index (χ3n) is 4.02. The first-order valence-corrected chi connectivity index (χ1v) is 7.77. The molecule has 0 unspecified atom stereocenters. The molecule has 1 saturated heterocycles. The van der Waals surface area contributed by atoms with Gasteiger partial charge in [-0.15, -0.1) is 0 Å². The Morgan fingerprint density at radius 2 is 2.10 bits per heavy atom. The van der Waals surface area contributed by atoms with Crippen LogP contribution in [0.25, 0.3) is 0 Å². The molecule has 0 radical (unpaired) electrons. The minimum Gasteiger partial charge on any atom is -0.478 e. The SMILES string of the molecule is C[C@@H](CN(C)Cc1cccc(C(=O)O)c1)CN1CCCC1. The molecule has 1 aliphatic heterocycles. The van der Waals surface area contributed by atoms with Crippen molar-refractivity contribution in [2.24, 2.45) is 5.92 Å². The highest BCUT2D eigenvalue weighted by atomic mass is 16.4. The Balaban J connectivity index is 1.81. The highest BCUT2D eigenvalue weighted by Crippen LogP contribution is 2.13. The number of nitrogens with zero attached hydrogens (tertiary/aromatic N) is 2. The number of carbonyl (C=O) groups is 1. The Morgan fingerprint density at radius 1 is 1.38 bits per heavy atom. The van der Waals surface area contributed by atoms with Gasteiger partial charge >= 0.3 is 5.97 Å². The second kappa shape index (κ2) is 7.57. The fraction of sp³-hybridized carbons (Fsp3) is 0.588. The summed E-state index contributed by atoms with van der Waals surface area (Å²) >= 11 is 0. The van der Waals surface area contributed by atoms with Gasteiger partial charge in [-0.3, -0.25) is 0 Å². The molecule has 1 atom stereocenters. The molecule has 0 bridgehead atoms. The molecule has 0 amide bonds. The Bertz CT molecular complexity index is 470. The second-order valence-corrected chi connectivity index (χ2v) is 6.32. The summed E-state index contributed by atoms with van der Waals surface area (Å²) in [4.78, 5) is 15.8. The van der Waals surface area contributed by atoms with Crippen molar-refractivity contribution in [2.45, 2.75) is 26.3 Å². The monoisotopic (exact) mass is 290 g/mol. The van der Waals surface area contributed by atoms with E-state index >= 15 is 0 Å². The molecule has 4 nitrogen and oxygen atoms in total. The van der Waals surface area contributed by atoms with Crippen molar-refractivity contribution >= 4 is 5.97 Å². The van der Waals surface area contributed by atoms with Crippen LogP contribution in [-0.2, 0) is 6.54 Å². The van der Waals surface area contributed by atoms with E-state index in [2.05, 4.69) is 23.8 Å². The molecule has 4 heteroatoms. The summed E-state index contributed by atoms with van der Waals surface area (Å²) in [5.74, 6) is -0.224. The van der Waals surface area contributed by atoms with Crippen LogP contribution < -0.4 is 0 Å². The van der Waals surface area contributed by atoms with Gasteiger partial charge < -0.3 is 14.9 Å². The average Bonchev–Trinajstić information content (AvgIpc) is 2.91. The number of benzene rings is 1. The number of likely N-dealkylation sites (tertiary alicyclic amines) is 1. The maximum absolute atomic E-state index is 11.0. The molecule has 1 fully saturated rings. The Morgan fingerprint density at radius 3 is 2.76 bits per heavy atom. The van der Waals surface area contributed by atoms with Crippen molar-refractivity contribution in [2.75, 3.05) is 33.2 Å². The van der Waals surface area contributed by atoms with Crippen molar-refractivity contribution in [1.29, 1.82) is 0 Å². The number of rotatable bonds is 7. The van der Waals surface area contributed by atoms with Crippen molar-refractivity contribution < 1.29 is 9.90 Å². The third-order valence-corrected chi connectivity index (χ3v) is 4.02. The van der Waals surface area contributed by atoms with Crippen molar-refractivity contribution in [3.63, 3.8) is 0 Å². The zero-order valence-corrected chi connectivity index (χ0v) is 13.1. The molecule has 0 saturated carbocycles. The van der Waals surface area contributed by atoms with Gasteiger partial charge in [-0.2, -0.15) is 0 Å². The van der Waals surface area contributed by atoms with E-state index in [9.17, 15) is 4.79 Å².